The maximum atomic E-state index is 12.7. The van der Waals surface area contributed by atoms with Gasteiger partial charge in [-0.3, -0.25) is 14.0 Å². The molecule has 0 bridgehead atoms. The number of carbonyl (C=O) groups is 2. The molecular weight excluding hydrogens is 332 g/mol. The van der Waals surface area contributed by atoms with E-state index in [1.165, 1.54) is 0 Å². The molecule has 2 aromatic heterocycles. The Bertz CT molecular complexity index is 949. The van der Waals surface area contributed by atoms with Crippen LogP contribution in [0.4, 0.5) is 5.69 Å². The van der Waals surface area contributed by atoms with E-state index in [1.54, 1.807) is 35.9 Å². The number of anilines is 1. The van der Waals surface area contributed by atoms with Gasteiger partial charge in [-0.25, -0.2) is 4.98 Å². The van der Waals surface area contributed by atoms with Crippen LogP contribution in [0.2, 0.25) is 0 Å². The molecule has 1 aromatic carbocycles. The molecular formula is C19H20N4O3. The van der Waals surface area contributed by atoms with Gasteiger partial charge in [-0.1, -0.05) is 18.2 Å². The number of hydrogen-bond donors (Lipinski definition) is 2. The van der Waals surface area contributed by atoms with Gasteiger partial charge in [-0.2, -0.15) is 0 Å². The van der Waals surface area contributed by atoms with Crippen molar-refractivity contribution >= 4 is 23.0 Å². The number of aryl methyl sites for hydroxylation is 1. The number of methoxy groups -OCH3 is 1. The molecule has 0 aliphatic carbocycles. The van der Waals surface area contributed by atoms with Gasteiger partial charge in [0.1, 0.15) is 0 Å². The first-order chi connectivity index (χ1) is 12.6. The summed E-state index contributed by atoms with van der Waals surface area (Å²) in [5.74, 6) is -0.570. The molecule has 0 radical (unpaired) electrons. The number of pyridine rings is 1. The fraction of sp³-hybridized carbons (Fsp3) is 0.211. The zero-order valence-electron chi connectivity index (χ0n) is 14.7. The van der Waals surface area contributed by atoms with Gasteiger partial charge in [0, 0.05) is 25.5 Å². The lowest BCUT2D eigenvalue weighted by Crippen LogP contribution is -2.28. The summed E-state index contributed by atoms with van der Waals surface area (Å²) < 4.78 is 6.53. The summed E-state index contributed by atoms with van der Waals surface area (Å²) in [5, 5.41) is 5.55. The quantitative estimate of drug-likeness (QED) is 0.667. The van der Waals surface area contributed by atoms with Crippen LogP contribution in [0.1, 0.15) is 26.7 Å². The second-order valence-electron chi connectivity index (χ2n) is 5.81. The average Bonchev–Trinajstić information content (AvgIpc) is 3.02. The first-order valence-electron chi connectivity index (χ1n) is 8.22. The zero-order valence-corrected chi connectivity index (χ0v) is 14.7. The summed E-state index contributed by atoms with van der Waals surface area (Å²) in [5.41, 5.74) is 2.48. The third-order valence-corrected chi connectivity index (χ3v) is 3.83. The molecule has 0 atom stereocenters. The van der Waals surface area contributed by atoms with Crippen LogP contribution in [0.15, 0.2) is 48.7 Å². The molecule has 0 saturated carbocycles. The van der Waals surface area contributed by atoms with Crippen molar-refractivity contribution in [2.75, 3.05) is 25.6 Å². The van der Waals surface area contributed by atoms with Gasteiger partial charge in [-0.05, 0) is 36.8 Å². The zero-order chi connectivity index (χ0) is 18.5. The first kappa shape index (κ1) is 17.6. The highest BCUT2D eigenvalue weighted by Gasteiger charge is 2.21. The lowest BCUT2D eigenvalue weighted by Gasteiger charge is -2.04. The number of fused-ring (bicyclic) bond motifs is 1. The molecule has 0 fully saturated rings. The summed E-state index contributed by atoms with van der Waals surface area (Å²) >= 11 is 0. The number of aromatic nitrogens is 2. The lowest BCUT2D eigenvalue weighted by atomic mass is 10.2. The molecule has 3 rings (SSSR count). The average molecular weight is 352 g/mol. The Balaban J connectivity index is 1.91. The Hall–Kier alpha value is -3.19. The number of carbonyl (C=O) groups excluding carboxylic acids is 2. The maximum Gasteiger partial charge on any atom is 0.287 e. The monoisotopic (exact) mass is 352 g/mol. The Kier molecular flexibility index (Phi) is 5.28. The summed E-state index contributed by atoms with van der Waals surface area (Å²) in [6.07, 6.45) is 1.71. The van der Waals surface area contributed by atoms with Gasteiger partial charge in [-0.15, -0.1) is 0 Å². The van der Waals surface area contributed by atoms with Gasteiger partial charge in [0.15, 0.2) is 5.69 Å². The van der Waals surface area contributed by atoms with Crippen LogP contribution in [0.5, 0.6) is 0 Å². The van der Waals surface area contributed by atoms with Crippen LogP contribution in [-0.4, -0.2) is 41.5 Å². The minimum absolute atomic E-state index is 0.158. The van der Waals surface area contributed by atoms with E-state index in [2.05, 4.69) is 15.6 Å². The van der Waals surface area contributed by atoms with E-state index >= 15 is 0 Å². The predicted molar refractivity (Wildman–Crippen MR) is 98.5 cm³/mol. The number of ether oxygens (including phenoxy) is 1. The topological polar surface area (TPSA) is 84.7 Å². The Labute approximate surface area is 151 Å². The van der Waals surface area contributed by atoms with Gasteiger partial charge >= 0.3 is 0 Å². The van der Waals surface area contributed by atoms with Crippen molar-refractivity contribution in [3.05, 3.63) is 65.7 Å². The van der Waals surface area contributed by atoms with Crippen molar-refractivity contribution < 1.29 is 14.3 Å². The molecule has 0 aliphatic heterocycles. The third kappa shape index (κ3) is 3.73. The molecule has 0 aliphatic rings. The molecule has 2 N–H and O–H groups in total. The molecule has 7 heteroatoms. The Morgan fingerprint density at radius 3 is 2.77 bits per heavy atom. The van der Waals surface area contributed by atoms with Gasteiger partial charge in [0.25, 0.3) is 11.8 Å². The Morgan fingerprint density at radius 1 is 1.15 bits per heavy atom. The second-order valence-corrected chi connectivity index (χ2v) is 5.81. The number of imidazole rings is 1. The first-order valence-corrected chi connectivity index (χ1v) is 8.22. The molecule has 0 unspecified atom stereocenters. The normalized spacial score (nSPS) is 10.7. The second kappa shape index (κ2) is 7.79. The summed E-state index contributed by atoms with van der Waals surface area (Å²) in [6, 6.07) is 12.8. The van der Waals surface area contributed by atoms with Crippen LogP contribution < -0.4 is 10.6 Å². The highest BCUT2D eigenvalue weighted by molar-refractivity contribution is 6.08. The van der Waals surface area contributed by atoms with Crippen LogP contribution in [-0.2, 0) is 4.74 Å². The van der Waals surface area contributed by atoms with Crippen molar-refractivity contribution in [3.8, 4) is 0 Å². The number of amides is 2. The minimum Gasteiger partial charge on any atom is -0.383 e. The van der Waals surface area contributed by atoms with E-state index in [-0.39, 0.29) is 23.3 Å². The summed E-state index contributed by atoms with van der Waals surface area (Å²) in [7, 11) is 1.56. The molecule has 0 saturated heterocycles. The van der Waals surface area contributed by atoms with E-state index in [0.717, 1.165) is 5.56 Å². The minimum atomic E-state index is -0.366. The molecule has 7 nitrogen and oxygen atoms in total. The smallest absolute Gasteiger partial charge is 0.287 e. The molecule has 3 aromatic rings. The highest BCUT2D eigenvalue weighted by atomic mass is 16.5. The van der Waals surface area contributed by atoms with Gasteiger partial charge < -0.3 is 15.4 Å². The number of benzene rings is 1. The van der Waals surface area contributed by atoms with Gasteiger partial charge in [0.2, 0.25) is 5.82 Å². The van der Waals surface area contributed by atoms with E-state index in [9.17, 15) is 9.59 Å². The van der Waals surface area contributed by atoms with Gasteiger partial charge in [0.05, 0.1) is 12.1 Å². The Morgan fingerprint density at radius 2 is 2.00 bits per heavy atom. The number of hydrogen-bond acceptors (Lipinski definition) is 4. The van der Waals surface area contributed by atoms with Crippen molar-refractivity contribution in [2.45, 2.75) is 6.92 Å². The lowest BCUT2D eigenvalue weighted by molar-refractivity contribution is 0.0926. The number of nitrogens with one attached hydrogen (secondary N) is 2. The van der Waals surface area contributed by atoms with E-state index < -0.39 is 0 Å². The summed E-state index contributed by atoms with van der Waals surface area (Å²) in [6.45, 7) is 2.71. The van der Waals surface area contributed by atoms with E-state index in [1.807, 2.05) is 31.2 Å². The SMILES string of the molecule is COCCNC(=O)c1nc(C(=O)Nc2cccc(C)c2)c2ccccn12. The van der Waals surface area contributed by atoms with Crippen molar-refractivity contribution in [1.82, 2.24) is 14.7 Å². The van der Waals surface area contributed by atoms with Crippen molar-refractivity contribution in [3.63, 3.8) is 0 Å². The third-order valence-electron chi connectivity index (χ3n) is 3.83. The molecule has 0 spiro atoms. The highest BCUT2D eigenvalue weighted by Crippen LogP contribution is 2.16. The van der Waals surface area contributed by atoms with Crippen LogP contribution >= 0.6 is 0 Å². The van der Waals surface area contributed by atoms with Crippen molar-refractivity contribution in [1.29, 1.82) is 0 Å². The maximum absolute atomic E-state index is 12.7. The fourth-order valence-corrected chi connectivity index (χ4v) is 2.62. The summed E-state index contributed by atoms with van der Waals surface area (Å²) in [4.78, 5) is 29.4. The predicted octanol–water partition coefficient (Wildman–Crippen LogP) is 2.27. The number of nitrogens with zero attached hydrogens (tertiary/aromatic N) is 2. The molecule has 26 heavy (non-hydrogen) atoms. The van der Waals surface area contributed by atoms with Crippen LogP contribution in [0.25, 0.3) is 5.52 Å². The molecule has 2 amide bonds. The van der Waals surface area contributed by atoms with E-state index in [4.69, 9.17) is 4.74 Å². The molecule has 134 valence electrons. The van der Waals surface area contributed by atoms with Crippen LogP contribution in [0, 0.1) is 6.92 Å². The number of rotatable bonds is 6. The van der Waals surface area contributed by atoms with Crippen LogP contribution in [0.3, 0.4) is 0 Å². The van der Waals surface area contributed by atoms with E-state index in [0.29, 0.717) is 24.4 Å². The molecule has 2 heterocycles. The fourth-order valence-electron chi connectivity index (χ4n) is 2.62. The largest absolute Gasteiger partial charge is 0.383 e. The standard InChI is InChI=1S/C19H20N4O3/c1-13-6-5-7-14(12-13)21-18(24)16-15-8-3-4-10-23(15)17(22-16)19(25)20-9-11-26-2/h3-8,10,12H,9,11H2,1-2H3,(H,20,25)(H,21,24). The van der Waals surface area contributed by atoms with Crippen molar-refractivity contribution in [2.24, 2.45) is 0 Å².